The first kappa shape index (κ1) is 12.1. The van der Waals surface area contributed by atoms with Gasteiger partial charge in [0.15, 0.2) is 5.69 Å². The molecule has 1 nitrogen and oxygen atoms in total. The number of nitrogens with zero attached hydrogens (tertiary/aromatic N) is 1. The number of aryl methyl sites for hydroxylation is 3. The summed E-state index contributed by atoms with van der Waals surface area (Å²) in [6.45, 7) is 5.94. The predicted molar refractivity (Wildman–Crippen MR) is 76.8 cm³/mol. The fourth-order valence-corrected chi connectivity index (χ4v) is 2.74. The number of hydrogen-bond donors (Lipinski definition) is 0. The molecule has 0 saturated carbocycles. The van der Waals surface area contributed by atoms with Gasteiger partial charge in [-0.3, -0.25) is 0 Å². The van der Waals surface area contributed by atoms with Crippen molar-refractivity contribution in [2.75, 3.05) is 0 Å². The summed E-state index contributed by atoms with van der Waals surface area (Å²) in [5.41, 5.74) is 4.14. The van der Waals surface area contributed by atoms with Crippen LogP contribution >= 0.6 is 0 Å². The molecule has 0 aliphatic heterocycles. The lowest BCUT2D eigenvalue weighted by molar-refractivity contribution is -0.650. The zero-order valence-electron chi connectivity index (χ0n) is 11.7. The minimum Gasteiger partial charge on any atom is -0.207 e. The summed E-state index contributed by atoms with van der Waals surface area (Å²) < 4.78 is 16.1. The van der Waals surface area contributed by atoms with E-state index in [2.05, 4.69) is 36.7 Å². The topological polar surface area (TPSA) is 3.88 Å². The van der Waals surface area contributed by atoms with E-state index in [9.17, 15) is 4.39 Å². The SMILES string of the molecule is Cc1c(F)cc2ccc3ccc(C)[n+](C)c3c2c1C. The Labute approximate surface area is 112 Å². The van der Waals surface area contributed by atoms with E-state index < -0.39 is 0 Å². The third kappa shape index (κ3) is 1.63. The third-order valence-electron chi connectivity index (χ3n) is 4.19. The number of hydrogen-bond acceptors (Lipinski definition) is 0. The number of aromatic nitrogens is 1. The van der Waals surface area contributed by atoms with Crippen LogP contribution in [0.1, 0.15) is 16.8 Å². The Bertz CT molecular complexity index is 819. The highest BCUT2D eigenvalue weighted by molar-refractivity contribution is 6.05. The van der Waals surface area contributed by atoms with Gasteiger partial charge in [-0.2, -0.15) is 4.57 Å². The molecule has 0 bridgehead atoms. The molecule has 0 radical (unpaired) electrons. The van der Waals surface area contributed by atoms with E-state index in [1.54, 1.807) is 6.07 Å². The lowest BCUT2D eigenvalue weighted by Gasteiger charge is -2.09. The van der Waals surface area contributed by atoms with Crippen molar-refractivity contribution in [3.8, 4) is 0 Å². The molecule has 0 fully saturated rings. The van der Waals surface area contributed by atoms with Crippen LogP contribution in [0.3, 0.4) is 0 Å². The molecule has 0 amide bonds. The number of fused-ring (bicyclic) bond motifs is 3. The van der Waals surface area contributed by atoms with Gasteiger partial charge in [0.1, 0.15) is 12.9 Å². The first-order valence-corrected chi connectivity index (χ1v) is 6.48. The summed E-state index contributed by atoms with van der Waals surface area (Å²) in [6.07, 6.45) is 0. The highest BCUT2D eigenvalue weighted by Crippen LogP contribution is 2.29. The smallest absolute Gasteiger partial charge is 0.207 e. The predicted octanol–water partition coefficient (Wildman–Crippen LogP) is 3.88. The average Bonchev–Trinajstić information content (AvgIpc) is 2.40. The van der Waals surface area contributed by atoms with E-state index in [-0.39, 0.29) is 5.82 Å². The zero-order chi connectivity index (χ0) is 13.7. The normalized spacial score (nSPS) is 11.4. The molecule has 1 aromatic heterocycles. The number of halogens is 1. The highest BCUT2D eigenvalue weighted by Gasteiger charge is 2.16. The van der Waals surface area contributed by atoms with Crippen LogP contribution in [0, 0.1) is 26.6 Å². The minimum absolute atomic E-state index is 0.125. The highest BCUT2D eigenvalue weighted by atomic mass is 19.1. The molecule has 0 aliphatic rings. The average molecular weight is 254 g/mol. The number of pyridine rings is 1. The van der Waals surface area contributed by atoms with Crippen LogP contribution in [-0.4, -0.2) is 0 Å². The van der Waals surface area contributed by atoms with Crippen LogP contribution in [0.15, 0.2) is 30.3 Å². The molecular weight excluding hydrogens is 237 g/mol. The Morgan fingerprint density at radius 1 is 0.895 bits per heavy atom. The fourth-order valence-electron chi connectivity index (χ4n) is 2.74. The van der Waals surface area contributed by atoms with Crippen LogP contribution in [0.5, 0.6) is 0 Å². The standard InChI is InChI=1S/C17H17FN/c1-10-5-6-13-7-8-14-9-15(18)11(2)12(3)16(14)17(13)19(10)4/h5-9H,1-4H3/q+1. The number of benzene rings is 2. The lowest BCUT2D eigenvalue weighted by Crippen LogP contribution is -2.32. The van der Waals surface area contributed by atoms with Crippen LogP contribution in [0.25, 0.3) is 21.7 Å². The first-order valence-electron chi connectivity index (χ1n) is 6.48. The van der Waals surface area contributed by atoms with Gasteiger partial charge in [0, 0.05) is 18.4 Å². The van der Waals surface area contributed by atoms with Crippen molar-refractivity contribution in [2.45, 2.75) is 20.8 Å². The third-order valence-corrected chi connectivity index (χ3v) is 4.19. The summed E-state index contributed by atoms with van der Waals surface area (Å²) in [5.74, 6) is -0.125. The largest absolute Gasteiger partial charge is 0.220 e. The van der Waals surface area contributed by atoms with Gasteiger partial charge in [0.25, 0.3) is 0 Å². The maximum absolute atomic E-state index is 13.9. The summed E-state index contributed by atoms with van der Waals surface area (Å²) in [5, 5.41) is 3.31. The van der Waals surface area contributed by atoms with E-state index in [0.717, 1.165) is 21.9 Å². The molecule has 2 aromatic carbocycles. The molecule has 2 heteroatoms. The Kier molecular flexibility index (Phi) is 2.56. The number of rotatable bonds is 0. The van der Waals surface area contributed by atoms with Crippen LogP contribution in [0.4, 0.5) is 4.39 Å². The van der Waals surface area contributed by atoms with Crippen molar-refractivity contribution < 1.29 is 8.96 Å². The summed E-state index contributed by atoms with van der Waals surface area (Å²) in [4.78, 5) is 0. The van der Waals surface area contributed by atoms with Crippen molar-refractivity contribution in [1.82, 2.24) is 0 Å². The van der Waals surface area contributed by atoms with E-state index in [1.807, 2.05) is 19.9 Å². The van der Waals surface area contributed by atoms with Gasteiger partial charge in [0.2, 0.25) is 5.52 Å². The second-order valence-electron chi connectivity index (χ2n) is 5.24. The Balaban J connectivity index is 2.66. The van der Waals surface area contributed by atoms with Gasteiger partial charge in [-0.25, -0.2) is 4.39 Å². The molecule has 0 unspecified atom stereocenters. The molecule has 96 valence electrons. The molecule has 0 N–H and O–H groups in total. The Morgan fingerprint density at radius 3 is 2.26 bits per heavy atom. The Morgan fingerprint density at radius 2 is 1.53 bits per heavy atom. The van der Waals surface area contributed by atoms with Crippen molar-refractivity contribution in [2.24, 2.45) is 7.05 Å². The van der Waals surface area contributed by atoms with Crippen molar-refractivity contribution >= 4 is 21.7 Å². The zero-order valence-corrected chi connectivity index (χ0v) is 11.7. The van der Waals surface area contributed by atoms with Gasteiger partial charge in [-0.15, -0.1) is 0 Å². The molecule has 0 atom stereocenters. The molecular formula is C17H17FN+. The first-order chi connectivity index (χ1) is 9.00. The van der Waals surface area contributed by atoms with Crippen LogP contribution in [-0.2, 0) is 7.05 Å². The van der Waals surface area contributed by atoms with Crippen molar-refractivity contribution in [1.29, 1.82) is 0 Å². The van der Waals surface area contributed by atoms with Gasteiger partial charge < -0.3 is 0 Å². The van der Waals surface area contributed by atoms with E-state index in [1.165, 1.54) is 16.6 Å². The molecule has 19 heavy (non-hydrogen) atoms. The van der Waals surface area contributed by atoms with E-state index in [0.29, 0.717) is 0 Å². The molecule has 1 heterocycles. The van der Waals surface area contributed by atoms with Crippen LogP contribution in [0.2, 0.25) is 0 Å². The molecule has 0 saturated heterocycles. The fraction of sp³-hybridized carbons (Fsp3) is 0.235. The molecule has 0 spiro atoms. The van der Waals surface area contributed by atoms with E-state index >= 15 is 0 Å². The summed E-state index contributed by atoms with van der Waals surface area (Å²) >= 11 is 0. The monoisotopic (exact) mass is 254 g/mol. The maximum atomic E-state index is 13.9. The lowest BCUT2D eigenvalue weighted by atomic mass is 9.97. The molecule has 3 rings (SSSR count). The summed E-state index contributed by atoms with van der Waals surface area (Å²) in [7, 11) is 2.06. The molecule has 0 aliphatic carbocycles. The van der Waals surface area contributed by atoms with Crippen molar-refractivity contribution in [3.63, 3.8) is 0 Å². The van der Waals surface area contributed by atoms with Crippen molar-refractivity contribution in [3.05, 3.63) is 53.0 Å². The second-order valence-corrected chi connectivity index (χ2v) is 5.24. The van der Waals surface area contributed by atoms with Gasteiger partial charge in [-0.1, -0.05) is 6.07 Å². The Hall–Kier alpha value is -1.96. The van der Waals surface area contributed by atoms with Gasteiger partial charge in [0.05, 0.1) is 5.39 Å². The maximum Gasteiger partial charge on any atom is 0.220 e. The van der Waals surface area contributed by atoms with Gasteiger partial charge in [-0.05, 0) is 48.6 Å². The minimum atomic E-state index is -0.125. The summed E-state index contributed by atoms with van der Waals surface area (Å²) in [6, 6.07) is 9.94. The molecule has 3 aromatic rings. The quantitative estimate of drug-likeness (QED) is 0.423. The van der Waals surface area contributed by atoms with E-state index in [4.69, 9.17) is 0 Å². The second kappa shape index (κ2) is 4.02. The van der Waals surface area contributed by atoms with Crippen LogP contribution < -0.4 is 4.57 Å². The van der Waals surface area contributed by atoms with Gasteiger partial charge >= 0.3 is 0 Å².